The zero-order valence-electron chi connectivity index (χ0n) is 8.21. The van der Waals surface area contributed by atoms with Crippen molar-refractivity contribution in [2.45, 2.75) is 57.2 Å². The lowest BCUT2D eigenvalue weighted by atomic mass is 9.98. The molecule has 13 heavy (non-hydrogen) atoms. The van der Waals surface area contributed by atoms with Gasteiger partial charge in [0.1, 0.15) is 6.61 Å². The topological polar surface area (TPSA) is 18.5 Å². The Labute approximate surface area is 80.6 Å². The summed E-state index contributed by atoms with van der Waals surface area (Å²) in [5, 5.41) is 0. The maximum Gasteiger partial charge on any atom is 0.113 e. The third-order valence-electron chi connectivity index (χ3n) is 2.94. The second kappa shape index (κ2) is 4.97. The van der Waals surface area contributed by atoms with Gasteiger partial charge in [-0.1, -0.05) is 19.3 Å². The first-order chi connectivity index (χ1) is 6.45. The van der Waals surface area contributed by atoms with Crippen molar-refractivity contribution < 1.29 is 9.47 Å². The van der Waals surface area contributed by atoms with Crippen molar-refractivity contribution in [3.05, 3.63) is 6.61 Å². The van der Waals surface area contributed by atoms with Gasteiger partial charge in [0.05, 0.1) is 12.2 Å². The molecule has 1 saturated heterocycles. The molecule has 1 unspecified atom stereocenters. The van der Waals surface area contributed by atoms with E-state index < -0.39 is 0 Å². The second-order valence-electron chi connectivity index (χ2n) is 4.08. The van der Waals surface area contributed by atoms with Gasteiger partial charge in [0.25, 0.3) is 0 Å². The highest BCUT2D eigenvalue weighted by molar-refractivity contribution is 4.75. The monoisotopic (exact) mass is 183 g/mol. The van der Waals surface area contributed by atoms with Crippen LogP contribution in [-0.2, 0) is 9.47 Å². The lowest BCUT2D eigenvalue weighted by Gasteiger charge is -2.22. The van der Waals surface area contributed by atoms with Crippen LogP contribution in [0.15, 0.2) is 0 Å². The van der Waals surface area contributed by atoms with E-state index in [0.717, 1.165) is 13.0 Å². The van der Waals surface area contributed by atoms with Crippen molar-refractivity contribution >= 4 is 0 Å². The molecular weight excluding hydrogens is 164 g/mol. The van der Waals surface area contributed by atoms with Gasteiger partial charge in [0.2, 0.25) is 0 Å². The zero-order valence-corrected chi connectivity index (χ0v) is 8.21. The first-order valence-electron chi connectivity index (χ1n) is 5.55. The number of hydrogen-bond donors (Lipinski definition) is 0. The van der Waals surface area contributed by atoms with Crippen molar-refractivity contribution in [1.82, 2.24) is 0 Å². The maximum atomic E-state index is 5.72. The van der Waals surface area contributed by atoms with Crippen molar-refractivity contribution in [2.24, 2.45) is 0 Å². The Balaban J connectivity index is 1.60. The molecule has 75 valence electrons. The summed E-state index contributed by atoms with van der Waals surface area (Å²) in [4.78, 5) is 0. The van der Waals surface area contributed by atoms with Crippen LogP contribution in [0.1, 0.15) is 44.9 Å². The summed E-state index contributed by atoms with van der Waals surface area (Å²) in [5.41, 5.74) is 0. The van der Waals surface area contributed by atoms with E-state index in [-0.39, 0.29) is 6.10 Å². The van der Waals surface area contributed by atoms with Crippen LogP contribution < -0.4 is 0 Å². The van der Waals surface area contributed by atoms with E-state index in [9.17, 15) is 0 Å². The Bertz CT molecular complexity index is 135. The van der Waals surface area contributed by atoms with Crippen LogP contribution in [0.3, 0.4) is 0 Å². The van der Waals surface area contributed by atoms with Crippen LogP contribution in [-0.4, -0.2) is 18.8 Å². The minimum atomic E-state index is 0.280. The standard InChI is InChI=1S/C11H19O2/c1-2-5-10(6-3-1)13-9-11-7-4-8-12-11/h9-11H,1-8H2. The number of hydrogen-bond acceptors (Lipinski definition) is 2. The molecule has 0 N–H and O–H groups in total. The molecule has 1 heterocycles. The molecule has 0 aromatic carbocycles. The Morgan fingerprint density at radius 2 is 1.85 bits per heavy atom. The Hall–Kier alpha value is -0.0800. The van der Waals surface area contributed by atoms with Crippen LogP contribution in [0, 0.1) is 6.61 Å². The SMILES string of the molecule is [CH](OC1CCCCC1)C1CCCO1. The molecule has 0 amide bonds. The van der Waals surface area contributed by atoms with Gasteiger partial charge < -0.3 is 9.47 Å². The molecule has 2 nitrogen and oxygen atoms in total. The molecule has 0 bridgehead atoms. The van der Waals surface area contributed by atoms with E-state index in [1.165, 1.54) is 38.5 Å². The normalized spacial score (nSPS) is 30.9. The number of ether oxygens (including phenoxy) is 2. The van der Waals surface area contributed by atoms with E-state index >= 15 is 0 Å². The molecule has 1 saturated carbocycles. The van der Waals surface area contributed by atoms with Gasteiger partial charge in [-0.2, -0.15) is 0 Å². The molecular formula is C11H19O2. The first kappa shape index (κ1) is 9.47. The molecule has 2 heteroatoms. The van der Waals surface area contributed by atoms with Crippen LogP contribution in [0.5, 0.6) is 0 Å². The summed E-state index contributed by atoms with van der Waals surface area (Å²) in [6.45, 7) is 2.85. The van der Waals surface area contributed by atoms with E-state index in [0.29, 0.717) is 6.10 Å². The lowest BCUT2D eigenvalue weighted by molar-refractivity contribution is 0.0129. The fourth-order valence-corrected chi connectivity index (χ4v) is 2.11. The zero-order chi connectivity index (χ0) is 8.93. The van der Waals surface area contributed by atoms with E-state index in [2.05, 4.69) is 0 Å². The molecule has 0 aromatic rings. The quantitative estimate of drug-likeness (QED) is 0.669. The smallest absolute Gasteiger partial charge is 0.113 e. The Morgan fingerprint density at radius 1 is 1.00 bits per heavy atom. The van der Waals surface area contributed by atoms with E-state index in [1.54, 1.807) is 0 Å². The highest BCUT2D eigenvalue weighted by atomic mass is 16.5. The van der Waals surface area contributed by atoms with Gasteiger partial charge in [-0.05, 0) is 25.7 Å². The van der Waals surface area contributed by atoms with Crippen molar-refractivity contribution in [3.63, 3.8) is 0 Å². The summed E-state index contributed by atoms with van der Waals surface area (Å²) in [5.74, 6) is 0. The molecule has 2 rings (SSSR count). The van der Waals surface area contributed by atoms with Gasteiger partial charge in [0.15, 0.2) is 0 Å². The van der Waals surface area contributed by atoms with Crippen molar-refractivity contribution in [1.29, 1.82) is 0 Å². The van der Waals surface area contributed by atoms with Crippen LogP contribution in [0.2, 0.25) is 0 Å². The summed E-state index contributed by atoms with van der Waals surface area (Å²) in [7, 11) is 0. The van der Waals surface area contributed by atoms with Crippen LogP contribution in [0.4, 0.5) is 0 Å². The fraction of sp³-hybridized carbons (Fsp3) is 0.909. The minimum Gasteiger partial charge on any atom is -0.375 e. The maximum absolute atomic E-state index is 5.72. The van der Waals surface area contributed by atoms with Gasteiger partial charge in [-0.15, -0.1) is 0 Å². The van der Waals surface area contributed by atoms with Crippen molar-refractivity contribution in [2.75, 3.05) is 6.61 Å². The van der Waals surface area contributed by atoms with E-state index in [4.69, 9.17) is 9.47 Å². The van der Waals surface area contributed by atoms with Gasteiger partial charge >= 0.3 is 0 Å². The molecule has 2 aliphatic rings. The predicted octanol–water partition coefficient (Wildman–Crippen LogP) is 2.68. The Kier molecular flexibility index (Phi) is 3.62. The summed E-state index contributed by atoms with van der Waals surface area (Å²) in [6, 6.07) is 0. The summed E-state index contributed by atoms with van der Waals surface area (Å²) >= 11 is 0. The third kappa shape index (κ3) is 2.96. The number of rotatable bonds is 3. The van der Waals surface area contributed by atoms with Gasteiger partial charge in [-0.25, -0.2) is 0 Å². The van der Waals surface area contributed by atoms with Gasteiger partial charge in [0, 0.05) is 6.61 Å². The minimum absolute atomic E-state index is 0.280. The van der Waals surface area contributed by atoms with E-state index in [1.807, 2.05) is 6.61 Å². The Morgan fingerprint density at radius 3 is 2.54 bits per heavy atom. The van der Waals surface area contributed by atoms with Crippen LogP contribution in [0.25, 0.3) is 0 Å². The molecule has 1 aliphatic carbocycles. The van der Waals surface area contributed by atoms with Crippen molar-refractivity contribution in [3.8, 4) is 0 Å². The highest BCUT2D eigenvalue weighted by Gasteiger charge is 2.20. The second-order valence-corrected chi connectivity index (χ2v) is 4.08. The molecule has 2 fully saturated rings. The molecule has 1 aliphatic heterocycles. The fourth-order valence-electron chi connectivity index (χ4n) is 2.11. The average molecular weight is 183 g/mol. The lowest BCUT2D eigenvalue weighted by Crippen LogP contribution is -2.19. The average Bonchev–Trinajstić information content (AvgIpc) is 2.69. The predicted molar refractivity (Wildman–Crippen MR) is 51.2 cm³/mol. The summed E-state index contributed by atoms with van der Waals surface area (Å²) in [6.07, 6.45) is 9.64. The third-order valence-corrected chi connectivity index (χ3v) is 2.94. The molecule has 0 spiro atoms. The highest BCUT2D eigenvalue weighted by Crippen LogP contribution is 2.23. The van der Waals surface area contributed by atoms with Gasteiger partial charge in [-0.3, -0.25) is 0 Å². The molecule has 1 atom stereocenters. The van der Waals surface area contributed by atoms with Crippen LogP contribution >= 0.6 is 0 Å². The first-order valence-corrected chi connectivity index (χ1v) is 5.55. The molecule has 1 radical (unpaired) electrons. The molecule has 0 aromatic heterocycles. The summed E-state index contributed by atoms with van der Waals surface area (Å²) < 4.78 is 11.2. The largest absolute Gasteiger partial charge is 0.375 e.